The normalized spacial score (nSPS) is 19.0. The quantitative estimate of drug-likeness (QED) is 0.822. The fourth-order valence-electron chi connectivity index (χ4n) is 2.88. The number of rotatable bonds is 5. The number of para-hydroxylation sites is 1. The van der Waals surface area contributed by atoms with Crippen LogP contribution in [0.5, 0.6) is 0 Å². The third-order valence-corrected chi connectivity index (χ3v) is 4.16. The van der Waals surface area contributed by atoms with E-state index in [2.05, 4.69) is 5.32 Å². The molecule has 27 heavy (non-hydrogen) atoms. The van der Waals surface area contributed by atoms with E-state index in [1.807, 2.05) is 0 Å². The highest BCUT2D eigenvalue weighted by Crippen LogP contribution is 2.35. The second-order valence-corrected chi connectivity index (χ2v) is 6.05. The maximum Gasteiger partial charge on any atom is 0.400 e. The zero-order valence-corrected chi connectivity index (χ0v) is 14.0. The Hall–Kier alpha value is -2.59. The van der Waals surface area contributed by atoms with Gasteiger partial charge in [0.05, 0.1) is 25.9 Å². The van der Waals surface area contributed by atoms with Crippen molar-refractivity contribution in [3.05, 3.63) is 30.0 Å². The SMILES string of the molecule is NC(=O)c1oc2ccccc2c1NC(=O)C(CC1COCCO1)C(F)(F)F. The van der Waals surface area contributed by atoms with Gasteiger partial charge >= 0.3 is 6.18 Å². The average Bonchev–Trinajstić information content (AvgIpc) is 2.98. The highest BCUT2D eigenvalue weighted by Gasteiger charge is 2.46. The summed E-state index contributed by atoms with van der Waals surface area (Å²) in [6, 6.07) is 6.21. The summed E-state index contributed by atoms with van der Waals surface area (Å²) in [6.07, 6.45) is -6.26. The van der Waals surface area contributed by atoms with Crippen LogP contribution >= 0.6 is 0 Å². The lowest BCUT2D eigenvalue weighted by Gasteiger charge is -2.27. The van der Waals surface area contributed by atoms with E-state index in [-0.39, 0.29) is 29.9 Å². The van der Waals surface area contributed by atoms with Crippen molar-refractivity contribution in [2.75, 3.05) is 25.1 Å². The topological polar surface area (TPSA) is 104 Å². The largest absolute Gasteiger partial charge is 0.449 e. The molecule has 0 radical (unpaired) electrons. The van der Waals surface area contributed by atoms with E-state index in [1.54, 1.807) is 12.1 Å². The minimum atomic E-state index is -4.81. The molecule has 1 fully saturated rings. The number of alkyl halides is 3. The number of primary amides is 1. The van der Waals surface area contributed by atoms with Gasteiger partial charge in [-0.1, -0.05) is 12.1 Å². The van der Waals surface area contributed by atoms with Crippen molar-refractivity contribution in [2.45, 2.75) is 18.7 Å². The lowest BCUT2D eigenvalue weighted by molar-refractivity contribution is -0.192. The van der Waals surface area contributed by atoms with Crippen LogP contribution in [0.15, 0.2) is 28.7 Å². The number of carbonyl (C=O) groups is 2. The monoisotopic (exact) mass is 386 g/mol. The number of nitrogens with two attached hydrogens (primary N) is 1. The van der Waals surface area contributed by atoms with Crippen LogP contribution in [-0.4, -0.2) is 43.9 Å². The molecule has 2 aromatic rings. The molecule has 146 valence electrons. The first kappa shape index (κ1) is 19.2. The Morgan fingerprint density at radius 2 is 2.00 bits per heavy atom. The smallest absolute Gasteiger partial charge is 0.400 e. The maximum atomic E-state index is 13.5. The summed E-state index contributed by atoms with van der Waals surface area (Å²) in [4.78, 5) is 24.0. The molecule has 1 saturated heterocycles. The van der Waals surface area contributed by atoms with Crippen LogP contribution in [-0.2, 0) is 14.3 Å². The fourth-order valence-corrected chi connectivity index (χ4v) is 2.88. The van der Waals surface area contributed by atoms with Gasteiger partial charge in [-0.3, -0.25) is 9.59 Å². The lowest BCUT2D eigenvalue weighted by atomic mass is 9.99. The summed E-state index contributed by atoms with van der Waals surface area (Å²) in [5, 5.41) is 2.44. The van der Waals surface area contributed by atoms with E-state index in [9.17, 15) is 22.8 Å². The number of hydrogen-bond acceptors (Lipinski definition) is 5. The van der Waals surface area contributed by atoms with Crippen LogP contribution in [0, 0.1) is 5.92 Å². The predicted molar refractivity (Wildman–Crippen MR) is 88.1 cm³/mol. The molecule has 0 bridgehead atoms. The van der Waals surface area contributed by atoms with Crippen LogP contribution in [0.2, 0.25) is 0 Å². The minimum absolute atomic E-state index is 0.0267. The van der Waals surface area contributed by atoms with Crippen molar-refractivity contribution in [2.24, 2.45) is 11.7 Å². The van der Waals surface area contributed by atoms with Crippen molar-refractivity contribution in [3.63, 3.8) is 0 Å². The number of fused-ring (bicyclic) bond motifs is 1. The molecule has 0 saturated carbocycles. The van der Waals surface area contributed by atoms with E-state index in [0.29, 0.717) is 6.61 Å². The van der Waals surface area contributed by atoms with Crippen molar-refractivity contribution in [3.8, 4) is 0 Å². The Morgan fingerprint density at radius 3 is 2.63 bits per heavy atom. The Balaban J connectivity index is 1.88. The fraction of sp³-hybridized carbons (Fsp3) is 0.412. The van der Waals surface area contributed by atoms with E-state index in [4.69, 9.17) is 19.6 Å². The number of halogens is 3. The second-order valence-electron chi connectivity index (χ2n) is 6.05. The van der Waals surface area contributed by atoms with Crippen LogP contribution in [0.4, 0.5) is 18.9 Å². The van der Waals surface area contributed by atoms with Crippen molar-refractivity contribution in [1.29, 1.82) is 0 Å². The number of carbonyl (C=O) groups excluding carboxylic acids is 2. The highest BCUT2D eigenvalue weighted by molar-refractivity contribution is 6.10. The molecule has 2 heterocycles. The zero-order chi connectivity index (χ0) is 19.6. The van der Waals surface area contributed by atoms with Gasteiger partial charge in [-0.2, -0.15) is 13.2 Å². The molecule has 2 atom stereocenters. The van der Waals surface area contributed by atoms with Crippen molar-refractivity contribution >= 4 is 28.5 Å². The molecule has 3 rings (SSSR count). The number of furan rings is 1. The Bertz CT molecular complexity index is 843. The van der Waals surface area contributed by atoms with Gasteiger partial charge in [0.2, 0.25) is 11.7 Å². The second kappa shape index (κ2) is 7.57. The average molecular weight is 386 g/mol. The number of hydrogen-bond donors (Lipinski definition) is 2. The first-order chi connectivity index (χ1) is 12.8. The standard InChI is InChI=1S/C17H17F3N2O5/c18-17(19,20)11(7-9-8-25-5-6-26-9)16(24)22-13-10-3-1-2-4-12(10)27-14(13)15(21)23/h1-4,9,11H,5-8H2,(H2,21,23)(H,22,24). The van der Waals surface area contributed by atoms with Gasteiger partial charge < -0.3 is 24.9 Å². The molecule has 3 N–H and O–H groups in total. The van der Waals surface area contributed by atoms with Gasteiger partial charge in [0, 0.05) is 5.39 Å². The summed E-state index contributed by atoms with van der Waals surface area (Å²) in [6.45, 7) is 0.429. The first-order valence-electron chi connectivity index (χ1n) is 8.15. The number of benzene rings is 1. The zero-order valence-electron chi connectivity index (χ0n) is 14.0. The lowest BCUT2D eigenvalue weighted by Crippen LogP contribution is -2.41. The molecule has 1 aliphatic heterocycles. The van der Waals surface area contributed by atoms with E-state index < -0.39 is 42.2 Å². The molecule has 1 aromatic heterocycles. The highest BCUT2D eigenvalue weighted by atomic mass is 19.4. The van der Waals surface area contributed by atoms with Crippen LogP contribution in [0.25, 0.3) is 11.0 Å². The summed E-state index contributed by atoms with van der Waals surface area (Å²) in [5.74, 6) is -5.10. The Morgan fingerprint density at radius 1 is 1.26 bits per heavy atom. The predicted octanol–water partition coefficient (Wildman–Crippen LogP) is 2.45. The summed E-state index contributed by atoms with van der Waals surface area (Å²) >= 11 is 0. The molecular formula is C17H17F3N2O5. The number of amides is 2. The molecule has 10 heteroatoms. The van der Waals surface area contributed by atoms with E-state index >= 15 is 0 Å². The maximum absolute atomic E-state index is 13.5. The van der Waals surface area contributed by atoms with Crippen molar-refractivity contribution < 1.29 is 36.7 Å². The molecule has 0 aliphatic carbocycles. The van der Waals surface area contributed by atoms with E-state index in [1.165, 1.54) is 12.1 Å². The van der Waals surface area contributed by atoms with Gasteiger partial charge in [0.25, 0.3) is 5.91 Å². The van der Waals surface area contributed by atoms with Gasteiger partial charge in [0.15, 0.2) is 0 Å². The summed E-state index contributed by atoms with van der Waals surface area (Å²) in [7, 11) is 0. The summed E-state index contributed by atoms with van der Waals surface area (Å²) in [5.41, 5.74) is 5.26. The third-order valence-electron chi connectivity index (χ3n) is 4.16. The number of ether oxygens (including phenoxy) is 2. The molecular weight excluding hydrogens is 369 g/mol. The number of nitrogens with one attached hydrogen (secondary N) is 1. The van der Waals surface area contributed by atoms with Crippen LogP contribution in [0.3, 0.4) is 0 Å². The van der Waals surface area contributed by atoms with Gasteiger partial charge in [-0.05, 0) is 18.6 Å². The molecule has 1 aromatic carbocycles. The van der Waals surface area contributed by atoms with Gasteiger partial charge in [-0.15, -0.1) is 0 Å². The first-order valence-corrected chi connectivity index (χ1v) is 8.15. The summed E-state index contributed by atoms with van der Waals surface area (Å²) < 4.78 is 55.9. The number of anilines is 1. The molecule has 2 amide bonds. The van der Waals surface area contributed by atoms with Crippen LogP contribution < -0.4 is 11.1 Å². The third kappa shape index (κ3) is 4.22. The molecule has 0 spiro atoms. The minimum Gasteiger partial charge on any atom is -0.449 e. The Kier molecular flexibility index (Phi) is 5.38. The van der Waals surface area contributed by atoms with Gasteiger partial charge in [-0.25, -0.2) is 0 Å². The Labute approximate surface area is 151 Å². The van der Waals surface area contributed by atoms with Crippen LogP contribution in [0.1, 0.15) is 17.0 Å². The van der Waals surface area contributed by atoms with E-state index in [0.717, 1.165) is 0 Å². The molecule has 1 aliphatic rings. The van der Waals surface area contributed by atoms with Crippen molar-refractivity contribution in [1.82, 2.24) is 0 Å². The van der Waals surface area contributed by atoms with Gasteiger partial charge in [0.1, 0.15) is 17.2 Å². The molecule has 7 nitrogen and oxygen atoms in total. The molecule has 2 unspecified atom stereocenters.